The van der Waals surface area contributed by atoms with Crippen molar-refractivity contribution in [2.45, 2.75) is 0 Å². The van der Waals surface area contributed by atoms with Crippen molar-refractivity contribution < 1.29 is 17.1 Å². The predicted molar refractivity (Wildman–Crippen MR) is 25.6 cm³/mol. The van der Waals surface area contributed by atoms with Crippen molar-refractivity contribution >= 4 is 117 Å². The SMILES string of the molecule is [BaH2].[MgH2].[Mn].[SrH2]. The van der Waals surface area contributed by atoms with E-state index in [2.05, 4.69) is 0 Å². The second-order valence-electron chi connectivity index (χ2n) is 0. The van der Waals surface area contributed by atoms with E-state index in [4.69, 9.17) is 0 Å². The van der Waals surface area contributed by atoms with Gasteiger partial charge in [0.15, 0.2) is 0 Å². The van der Waals surface area contributed by atoms with E-state index >= 15 is 0 Å². The zero-order chi connectivity index (χ0) is 0. The molecule has 0 rings (SSSR count). The average Bonchev–Trinajstić information content (AvgIpc) is 0. The van der Waals surface area contributed by atoms with Crippen molar-refractivity contribution in [3.8, 4) is 0 Å². The van der Waals surface area contributed by atoms with Crippen LogP contribution in [0.15, 0.2) is 0 Å². The second kappa shape index (κ2) is 15.7. The van der Waals surface area contributed by atoms with E-state index in [1.165, 1.54) is 0 Å². The maximum absolute atomic E-state index is 0. The predicted octanol–water partition coefficient (Wildman–Crippen LogP) is -2.75. The molecule has 0 aliphatic heterocycles. The van der Waals surface area contributed by atoms with Crippen molar-refractivity contribution in [1.29, 1.82) is 0 Å². The summed E-state index contributed by atoms with van der Waals surface area (Å²) in [5.41, 5.74) is 0. The summed E-state index contributed by atoms with van der Waals surface area (Å²) in [6.45, 7) is 0. The monoisotopic (exact) mass is 311 g/mol. The third kappa shape index (κ3) is 9.60. The van der Waals surface area contributed by atoms with Crippen LogP contribution in [-0.4, -0.2) is 117 Å². The van der Waals surface area contributed by atoms with Gasteiger partial charge in [0.05, 0.1) is 0 Å². The zero-order valence-corrected chi connectivity index (χ0v) is 1.56. The first-order valence-corrected chi connectivity index (χ1v) is 0. The quantitative estimate of drug-likeness (QED) is 0.426. The molecule has 19 valence electrons. The summed E-state index contributed by atoms with van der Waals surface area (Å²) < 4.78 is 0. The number of rotatable bonds is 0. The average molecular weight is 310 g/mol. The standard InChI is InChI=1S/Ba.Mg.Mn.Sr.6H. The van der Waals surface area contributed by atoms with Gasteiger partial charge in [-0.05, 0) is 0 Å². The Morgan fingerprint density at radius 1 is 1.00 bits per heavy atom. The summed E-state index contributed by atoms with van der Waals surface area (Å²) in [4.78, 5) is 0. The third-order valence-corrected chi connectivity index (χ3v) is 0. The molecule has 1 radical (unpaired) electrons. The molecule has 4 heavy (non-hydrogen) atoms. The molecule has 4 heteroatoms. The Morgan fingerprint density at radius 3 is 1.00 bits per heavy atom. The fourth-order valence-electron chi connectivity index (χ4n) is 0. The van der Waals surface area contributed by atoms with Gasteiger partial charge in [-0.25, -0.2) is 0 Å². The van der Waals surface area contributed by atoms with E-state index in [9.17, 15) is 0 Å². The summed E-state index contributed by atoms with van der Waals surface area (Å²) in [6.07, 6.45) is 0. The molecule has 0 aromatic carbocycles. The third-order valence-electron chi connectivity index (χ3n) is 0. The van der Waals surface area contributed by atoms with Gasteiger partial charge in [-0.15, -0.1) is 0 Å². The van der Waals surface area contributed by atoms with Crippen molar-refractivity contribution in [2.24, 2.45) is 0 Å². The maximum atomic E-state index is 0. The molecular formula is H6BaMgMnSr. The number of hydrogen-bond acceptors (Lipinski definition) is 0. The van der Waals surface area contributed by atoms with Gasteiger partial charge < -0.3 is 0 Å². The fraction of sp³-hybridized carbons (Fsp3) is 0. The van der Waals surface area contributed by atoms with Crippen LogP contribution >= 0.6 is 0 Å². The van der Waals surface area contributed by atoms with Crippen LogP contribution in [0.5, 0.6) is 0 Å². The van der Waals surface area contributed by atoms with E-state index in [1.54, 1.807) is 0 Å². The van der Waals surface area contributed by atoms with Crippen LogP contribution in [0.3, 0.4) is 0 Å². The fourth-order valence-corrected chi connectivity index (χ4v) is 0. The molecule has 0 atom stereocenters. The van der Waals surface area contributed by atoms with Crippen LogP contribution in [0.25, 0.3) is 0 Å². The minimum atomic E-state index is 0. The van der Waals surface area contributed by atoms with Gasteiger partial charge >= 0.3 is 117 Å². The van der Waals surface area contributed by atoms with Crippen molar-refractivity contribution in [1.82, 2.24) is 0 Å². The summed E-state index contributed by atoms with van der Waals surface area (Å²) in [6, 6.07) is 0. The summed E-state index contributed by atoms with van der Waals surface area (Å²) in [5, 5.41) is 0. The van der Waals surface area contributed by atoms with Gasteiger partial charge in [-0.2, -0.15) is 0 Å². The van der Waals surface area contributed by atoms with Gasteiger partial charge in [0.2, 0.25) is 0 Å². The Kier molecular flexibility index (Phi) is 93.4. The van der Waals surface area contributed by atoms with Crippen LogP contribution in [0.4, 0.5) is 0 Å². The van der Waals surface area contributed by atoms with Crippen LogP contribution < -0.4 is 0 Å². The molecule has 0 heterocycles. The van der Waals surface area contributed by atoms with E-state index in [1.807, 2.05) is 0 Å². The molecule has 0 N–H and O–H groups in total. The molecule has 0 saturated heterocycles. The first-order valence-electron chi connectivity index (χ1n) is 0. The van der Waals surface area contributed by atoms with Crippen LogP contribution in [0.2, 0.25) is 0 Å². The van der Waals surface area contributed by atoms with Crippen molar-refractivity contribution in [2.75, 3.05) is 0 Å². The molecule has 0 aromatic heterocycles. The van der Waals surface area contributed by atoms with Crippen molar-refractivity contribution in [3.05, 3.63) is 0 Å². The molecule has 0 aliphatic rings. The van der Waals surface area contributed by atoms with Crippen molar-refractivity contribution in [3.63, 3.8) is 0 Å². The molecule has 0 saturated carbocycles. The molecule has 0 bridgehead atoms. The van der Waals surface area contributed by atoms with Crippen LogP contribution in [0.1, 0.15) is 0 Å². The van der Waals surface area contributed by atoms with Gasteiger partial charge in [0, 0.05) is 17.1 Å². The normalized spacial score (nSPS) is 0. The second-order valence-corrected chi connectivity index (χ2v) is 0. The van der Waals surface area contributed by atoms with E-state index in [-0.39, 0.29) is 134 Å². The molecular weight excluding hydrogens is 304 g/mol. The first-order chi connectivity index (χ1) is 0. The summed E-state index contributed by atoms with van der Waals surface area (Å²) in [5.74, 6) is 0. The molecule has 0 unspecified atom stereocenters. The first kappa shape index (κ1) is 23.9. The zero-order valence-electron chi connectivity index (χ0n) is 0.378. The summed E-state index contributed by atoms with van der Waals surface area (Å²) in [7, 11) is 0. The van der Waals surface area contributed by atoms with E-state index < -0.39 is 0 Å². The van der Waals surface area contributed by atoms with Gasteiger partial charge in [0.25, 0.3) is 0 Å². The molecule has 0 aliphatic carbocycles. The Bertz CT molecular complexity index is 8.00. The van der Waals surface area contributed by atoms with Gasteiger partial charge in [0.1, 0.15) is 0 Å². The van der Waals surface area contributed by atoms with Gasteiger partial charge in [-0.3, -0.25) is 0 Å². The summed E-state index contributed by atoms with van der Waals surface area (Å²) >= 11 is 0. The van der Waals surface area contributed by atoms with E-state index in [0.717, 1.165) is 0 Å². The molecule has 0 amide bonds. The Labute approximate surface area is 130 Å². The molecule has 0 spiro atoms. The molecule has 0 fully saturated rings. The van der Waals surface area contributed by atoms with Gasteiger partial charge in [-0.1, -0.05) is 0 Å². The van der Waals surface area contributed by atoms with Crippen LogP contribution in [0, 0.1) is 0 Å². The van der Waals surface area contributed by atoms with E-state index in [0.29, 0.717) is 0 Å². The minimum absolute atomic E-state index is 0. The Balaban J connectivity index is 0. The van der Waals surface area contributed by atoms with Crippen LogP contribution in [-0.2, 0) is 17.1 Å². The Morgan fingerprint density at radius 2 is 1.00 bits per heavy atom. The Hall–Kier alpha value is 4.34. The topological polar surface area (TPSA) is 0 Å². The molecule has 0 aromatic rings. The number of hydrogen-bond donors (Lipinski definition) is 0. The molecule has 0 nitrogen and oxygen atoms in total.